The fourth-order valence-electron chi connectivity index (χ4n) is 0.101. The summed E-state index contributed by atoms with van der Waals surface area (Å²) in [4.78, 5) is 9.76. The van der Waals surface area contributed by atoms with Crippen LogP contribution in [0.4, 0.5) is 0 Å². The SMILES string of the molecule is COC(Br)C(=O)O. The summed E-state index contributed by atoms with van der Waals surface area (Å²) in [6.07, 6.45) is 0. The fourth-order valence-corrected chi connectivity index (χ4v) is 0.101. The van der Waals surface area contributed by atoms with Crippen molar-refractivity contribution < 1.29 is 14.6 Å². The molecule has 4 heteroatoms. The maximum absolute atomic E-state index is 9.76. The Morgan fingerprint density at radius 3 is 2.43 bits per heavy atom. The molecule has 0 amide bonds. The first-order chi connectivity index (χ1) is 3.18. The van der Waals surface area contributed by atoms with Gasteiger partial charge in [-0.25, -0.2) is 4.79 Å². The number of carboxylic acids is 1. The van der Waals surface area contributed by atoms with Crippen LogP contribution in [-0.2, 0) is 9.53 Å². The Hall–Kier alpha value is -0.0900. The molecule has 0 heterocycles. The number of rotatable bonds is 2. The number of carboxylic acid groups (broad SMARTS) is 1. The Kier molecular flexibility index (Phi) is 2.95. The predicted molar refractivity (Wildman–Crippen MR) is 27.4 cm³/mol. The van der Waals surface area contributed by atoms with Crippen molar-refractivity contribution in [3.05, 3.63) is 0 Å². The van der Waals surface area contributed by atoms with Crippen LogP contribution in [0.2, 0.25) is 0 Å². The van der Waals surface area contributed by atoms with Crippen LogP contribution in [-0.4, -0.2) is 23.2 Å². The molecule has 0 aromatic rings. The molecule has 7 heavy (non-hydrogen) atoms. The van der Waals surface area contributed by atoms with E-state index in [4.69, 9.17) is 5.11 Å². The lowest BCUT2D eigenvalue weighted by Crippen LogP contribution is -2.13. The molecule has 1 N–H and O–H groups in total. The predicted octanol–water partition coefficient (Wildman–Crippen LogP) is 0.438. The maximum atomic E-state index is 9.76. The highest BCUT2D eigenvalue weighted by molar-refractivity contribution is 9.09. The molecule has 0 radical (unpaired) electrons. The highest BCUT2D eigenvalue weighted by atomic mass is 79.9. The average Bonchev–Trinajstić information content (AvgIpc) is 1.65. The van der Waals surface area contributed by atoms with Crippen molar-refractivity contribution in [2.45, 2.75) is 5.01 Å². The van der Waals surface area contributed by atoms with Crippen LogP contribution in [0.3, 0.4) is 0 Å². The number of methoxy groups -OCH3 is 1. The zero-order valence-electron chi connectivity index (χ0n) is 3.72. The second kappa shape index (κ2) is 2.98. The van der Waals surface area contributed by atoms with Crippen molar-refractivity contribution >= 4 is 21.9 Å². The van der Waals surface area contributed by atoms with Crippen molar-refractivity contribution in [3.63, 3.8) is 0 Å². The summed E-state index contributed by atoms with van der Waals surface area (Å²) in [5.41, 5.74) is 0. The third-order valence-corrected chi connectivity index (χ3v) is 1.17. The molecule has 0 saturated carbocycles. The van der Waals surface area contributed by atoms with E-state index in [2.05, 4.69) is 20.7 Å². The lowest BCUT2D eigenvalue weighted by molar-refractivity contribution is -0.142. The van der Waals surface area contributed by atoms with Gasteiger partial charge in [0, 0.05) is 7.11 Å². The molecule has 0 aliphatic carbocycles. The fraction of sp³-hybridized carbons (Fsp3) is 0.667. The molecule has 0 aliphatic heterocycles. The third kappa shape index (κ3) is 2.59. The highest BCUT2D eigenvalue weighted by Gasteiger charge is 2.08. The van der Waals surface area contributed by atoms with E-state index in [9.17, 15) is 4.79 Å². The van der Waals surface area contributed by atoms with Crippen LogP contribution in [0.25, 0.3) is 0 Å². The number of aliphatic carboxylic acids is 1. The van der Waals surface area contributed by atoms with Crippen LogP contribution >= 0.6 is 15.9 Å². The second-order valence-electron chi connectivity index (χ2n) is 0.890. The number of ether oxygens (including phenoxy) is 1. The summed E-state index contributed by atoms with van der Waals surface area (Å²) < 4.78 is 4.33. The zero-order valence-corrected chi connectivity index (χ0v) is 5.31. The molecule has 0 aromatic heterocycles. The molecule has 0 bridgehead atoms. The van der Waals surface area contributed by atoms with E-state index in [1.807, 2.05) is 0 Å². The lowest BCUT2D eigenvalue weighted by atomic mass is 10.7. The summed E-state index contributed by atoms with van der Waals surface area (Å²) in [6, 6.07) is 0. The molecule has 42 valence electrons. The minimum atomic E-state index is -1.01. The van der Waals surface area contributed by atoms with Crippen molar-refractivity contribution in [1.29, 1.82) is 0 Å². The minimum absolute atomic E-state index is 0.868. The molecule has 0 rings (SSSR count). The molecule has 1 atom stereocenters. The van der Waals surface area contributed by atoms with E-state index in [1.165, 1.54) is 7.11 Å². The first-order valence-corrected chi connectivity index (χ1v) is 2.49. The van der Waals surface area contributed by atoms with Gasteiger partial charge in [0.05, 0.1) is 0 Å². The number of halogens is 1. The number of hydrogen-bond acceptors (Lipinski definition) is 2. The van der Waals surface area contributed by atoms with Crippen LogP contribution < -0.4 is 0 Å². The Bertz CT molecular complexity index is 72.6. The van der Waals surface area contributed by atoms with E-state index in [0.29, 0.717) is 0 Å². The third-order valence-electron chi connectivity index (χ3n) is 0.401. The quantitative estimate of drug-likeness (QED) is 0.610. The van der Waals surface area contributed by atoms with Gasteiger partial charge in [0.25, 0.3) is 0 Å². The average molecular weight is 169 g/mol. The van der Waals surface area contributed by atoms with Crippen LogP contribution in [0.15, 0.2) is 0 Å². The molecule has 3 nitrogen and oxygen atoms in total. The largest absolute Gasteiger partial charge is 0.479 e. The lowest BCUT2D eigenvalue weighted by Gasteiger charge is -1.96. The molecule has 0 aromatic carbocycles. The zero-order chi connectivity index (χ0) is 5.86. The van der Waals surface area contributed by atoms with Crippen LogP contribution in [0.5, 0.6) is 0 Å². The normalized spacial score (nSPS) is 13.4. The summed E-state index contributed by atoms with van der Waals surface area (Å²) in [6.45, 7) is 0. The maximum Gasteiger partial charge on any atom is 0.343 e. The first-order valence-electron chi connectivity index (χ1n) is 1.58. The summed E-state index contributed by atoms with van der Waals surface area (Å²) in [5, 5.41) is 7.14. The van der Waals surface area contributed by atoms with Gasteiger partial charge in [-0.05, 0) is 15.9 Å². The van der Waals surface area contributed by atoms with Gasteiger partial charge in [-0.2, -0.15) is 0 Å². The topological polar surface area (TPSA) is 46.5 Å². The van der Waals surface area contributed by atoms with Gasteiger partial charge in [-0.15, -0.1) is 0 Å². The highest BCUT2D eigenvalue weighted by Crippen LogP contribution is 1.97. The Morgan fingerprint density at radius 2 is 2.43 bits per heavy atom. The van der Waals surface area contributed by atoms with Gasteiger partial charge < -0.3 is 9.84 Å². The molecule has 0 fully saturated rings. The van der Waals surface area contributed by atoms with Crippen molar-refractivity contribution in [2.24, 2.45) is 0 Å². The minimum Gasteiger partial charge on any atom is -0.479 e. The molecule has 0 spiro atoms. The standard InChI is InChI=1S/C3H5BrO3/c1-7-2(4)3(5)6/h2H,1H3,(H,5,6). The van der Waals surface area contributed by atoms with Gasteiger partial charge in [-0.3, -0.25) is 0 Å². The number of carbonyl (C=O) groups is 1. The van der Waals surface area contributed by atoms with Crippen molar-refractivity contribution in [2.75, 3.05) is 7.11 Å². The Balaban J connectivity index is 3.34. The molecular formula is C3H5BrO3. The van der Waals surface area contributed by atoms with E-state index in [0.717, 1.165) is 0 Å². The van der Waals surface area contributed by atoms with Gasteiger partial charge in [0.15, 0.2) is 0 Å². The number of hydrogen-bond donors (Lipinski definition) is 1. The first kappa shape index (κ1) is 6.91. The molecule has 0 saturated heterocycles. The molecular weight excluding hydrogens is 164 g/mol. The van der Waals surface area contributed by atoms with E-state index < -0.39 is 11.0 Å². The van der Waals surface area contributed by atoms with Crippen LogP contribution in [0, 0.1) is 0 Å². The smallest absolute Gasteiger partial charge is 0.343 e. The Labute approximate surface area is 49.4 Å². The Morgan fingerprint density at radius 1 is 2.00 bits per heavy atom. The monoisotopic (exact) mass is 168 g/mol. The van der Waals surface area contributed by atoms with Gasteiger partial charge >= 0.3 is 5.97 Å². The summed E-state index contributed by atoms with van der Waals surface area (Å²) >= 11 is 2.72. The molecule has 0 aliphatic rings. The summed E-state index contributed by atoms with van der Waals surface area (Å²) in [5.74, 6) is -1.01. The number of alkyl halides is 1. The van der Waals surface area contributed by atoms with Crippen molar-refractivity contribution in [1.82, 2.24) is 0 Å². The second-order valence-corrected chi connectivity index (χ2v) is 1.72. The molecule has 1 unspecified atom stereocenters. The van der Waals surface area contributed by atoms with Gasteiger partial charge in [-0.1, -0.05) is 0 Å². The van der Waals surface area contributed by atoms with E-state index >= 15 is 0 Å². The van der Waals surface area contributed by atoms with Crippen molar-refractivity contribution in [3.8, 4) is 0 Å². The van der Waals surface area contributed by atoms with E-state index in [1.54, 1.807) is 0 Å². The van der Waals surface area contributed by atoms with E-state index in [-0.39, 0.29) is 0 Å². The summed E-state index contributed by atoms with van der Waals surface area (Å²) in [7, 11) is 1.31. The van der Waals surface area contributed by atoms with Crippen LogP contribution in [0.1, 0.15) is 0 Å². The van der Waals surface area contributed by atoms with Gasteiger partial charge in [0.2, 0.25) is 5.01 Å². The van der Waals surface area contributed by atoms with Gasteiger partial charge in [0.1, 0.15) is 0 Å².